The third kappa shape index (κ3) is 3.66. The van der Waals surface area contributed by atoms with Crippen LogP contribution in [0.15, 0.2) is 34.5 Å². The first-order valence-corrected chi connectivity index (χ1v) is 7.47. The number of aliphatic imine (C=N–C) groups is 1. The minimum Gasteiger partial charge on any atom is -0.453 e. The van der Waals surface area contributed by atoms with Crippen molar-refractivity contribution < 1.29 is 14.6 Å². The molecule has 0 fully saturated rings. The number of benzene rings is 1. The molecule has 0 saturated carbocycles. The van der Waals surface area contributed by atoms with Crippen molar-refractivity contribution in [3.63, 3.8) is 0 Å². The maximum absolute atomic E-state index is 12.4. The molecule has 1 atom stereocenters. The van der Waals surface area contributed by atoms with E-state index in [2.05, 4.69) is 11.1 Å². The molecule has 1 unspecified atom stereocenters. The zero-order valence-electron chi connectivity index (χ0n) is 13.6. The van der Waals surface area contributed by atoms with E-state index in [9.17, 15) is 9.90 Å². The van der Waals surface area contributed by atoms with E-state index in [1.165, 1.54) is 0 Å². The molecule has 0 aromatic heterocycles. The van der Waals surface area contributed by atoms with Gasteiger partial charge in [-0.15, -0.1) is 0 Å². The predicted molar refractivity (Wildman–Crippen MR) is 87.0 cm³/mol. The Kier molecular flexibility index (Phi) is 4.97. The van der Waals surface area contributed by atoms with Crippen molar-refractivity contribution in [2.75, 3.05) is 6.61 Å². The zero-order valence-corrected chi connectivity index (χ0v) is 13.6. The van der Waals surface area contributed by atoms with Gasteiger partial charge in [0.05, 0.1) is 29.5 Å². The maximum atomic E-state index is 12.4. The molecular weight excluding hydrogens is 292 g/mol. The molecule has 0 bridgehead atoms. The number of aryl methyl sites for hydroxylation is 1. The number of nitrogens with zero attached hydrogens (tertiary/aromatic N) is 2. The van der Waals surface area contributed by atoms with E-state index in [0.717, 1.165) is 11.1 Å². The highest BCUT2D eigenvalue weighted by Crippen LogP contribution is 2.32. The molecule has 1 aliphatic rings. The fourth-order valence-corrected chi connectivity index (χ4v) is 2.60. The summed E-state index contributed by atoms with van der Waals surface area (Å²) < 4.78 is 5.40. The minimum absolute atomic E-state index is 0.245. The van der Waals surface area contributed by atoms with Gasteiger partial charge in [-0.3, -0.25) is 4.99 Å². The average Bonchev–Trinajstić information content (AvgIpc) is 2.52. The van der Waals surface area contributed by atoms with Gasteiger partial charge in [0.25, 0.3) is 0 Å². The largest absolute Gasteiger partial charge is 0.453 e. The topological polar surface area (TPSA) is 82.7 Å². The molecule has 5 nitrogen and oxygen atoms in total. The first kappa shape index (κ1) is 16.9. The Morgan fingerprint density at radius 1 is 1.52 bits per heavy atom. The van der Waals surface area contributed by atoms with Gasteiger partial charge >= 0.3 is 5.97 Å². The summed E-state index contributed by atoms with van der Waals surface area (Å²) in [5.74, 6) is -0.447. The Labute approximate surface area is 135 Å². The number of aliphatic hydroxyl groups excluding tert-OH is 1. The lowest BCUT2D eigenvalue weighted by atomic mass is 9.90. The third-order valence-electron chi connectivity index (χ3n) is 3.93. The lowest BCUT2D eigenvalue weighted by molar-refractivity contribution is -0.159. The fraction of sp³-hybridized carbons (Fsp3) is 0.389. The summed E-state index contributed by atoms with van der Waals surface area (Å²) >= 11 is 0. The van der Waals surface area contributed by atoms with Crippen LogP contribution in [0.3, 0.4) is 0 Å². The van der Waals surface area contributed by atoms with Gasteiger partial charge in [-0.1, -0.05) is 6.07 Å². The van der Waals surface area contributed by atoms with Gasteiger partial charge in [0, 0.05) is 19.1 Å². The Morgan fingerprint density at radius 3 is 2.83 bits per heavy atom. The number of rotatable bonds is 4. The van der Waals surface area contributed by atoms with E-state index < -0.39 is 11.6 Å². The summed E-state index contributed by atoms with van der Waals surface area (Å²) in [6.45, 7) is 5.14. The molecule has 0 radical (unpaired) electrons. The monoisotopic (exact) mass is 312 g/mol. The highest BCUT2D eigenvalue weighted by Gasteiger charge is 2.37. The number of cyclic esters (lactones) is 1. The molecule has 2 rings (SSSR count). The number of hydrogen-bond acceptors (Lipinski definition) is 5. The lowest BCUT2D eigenvalue weighted by Gasteiger charge is -2.33. The van der Waals surface area contributed by atoms with E-state index in [-0.39, 0.29) is 6.61 Å². The number of hydrogen-bond donors (Lipinski definition) is 1. The van der Waals surface area contributed by atoms with Gasteiger partial charge in [0.1, 0.15) is 5.60 Å². The third-order valence-corrected chi connectivity index (χ3v) is 3.93. The second kappa shape index (κ2) is 6.76. The number of ether oxygens (including phenoxy) is 1. The molecule has 1 aromatic rings. The molecule has 1 aliphatic heterocycles. The van der Waals surface area contributed by atoms with Crippen molar-refractivity contribution in [2.24, 2.45) is 4.99 Å². The average molecular weight is 312 g/mol. The van der Waals surface area contributed by atoms with Crippen LogP contribution in [-0.4, -0.2) is 29.5 Å². The lowest BCUT2D eigenvalue weighted by Crippen LogP contribution is -2.40. The van der Waals surface area contributed by atoms with Gasteiger partial charge in [-0.25, -0.2) is 4.79 Å². The standard InChI is InChI=1S/C18H20N2O3/c1-4-20-16-9-18(3,11-21)23-17(22)15(16)8-14-6-5-13(10-19)7-12(14)2/h4-7,21H,8-9,11H2,1-3H3. The summed E-state index contributed by atoms with van der Waals surface area (Å²) in [5, 5.41) is 18.4. The highest BCUT2D eigenvalue weighted by atomic mass is 16.6. The van der Waals surface area contributed by atoms with Gasteiger partial charge in [0.15, 0.2) is 0 Å². The van der Waals surface area contributed by atoms with Crippen LogP contribution in [0, 0.1) is 18.3 Å². The number of carbonyl (C=O) groups excluding carboxylic acids is 1. The van der Waals surface area contributed by atoms with E-state index in [0.29, 0.717) is 29.7 Å². The van der Waals surface area contributed by atoms with Gasteiger partial charge < -0.3 is 9.84 Å². The van der Waals surface area contributed by atoms with Crippen molar-refractivity contribution in [1.82, 2.24) is 0 Å². The zero-order chi connectivity index (χ0) is 17.0. The van der Waals surface area contributed by atoms with Gasteiger partial charge in [0.2, 0.25) is 0 Å². The highest BCUT2D eigenvalue weighted by molar-refractivity contribution is 5.91. The molecule has 1 aromatic carbocycles. The SMILES string of the molecule is CC=NC1=C(Cc2ccc(C#N)cc2C)C(=O)OC(C)(CO)C1. The Morgan fingerprint density at radius 2 is 2.26 bits per heavy atom. The van der Waals surface area contributed by atoms with Crippen LogP contribution < -0.4 is 0 Å². The van der Waals surface area contributed by atoms with E-state index in [4.69, 9.17) is 10.00 Å². The molecule has 0 aliphatic carbocycles. The van der Waals surface area contributed by atoms with Crippen molar-refractivity contribution >= 4 is 12.2 Å². The molecule has 0 spiro atoms. The Hall–Kier alpha value is -2.45. The van der Waals surface area contributed by atoms with Crippen molar-refractivity contribution in [3.05, 3.63) is 46.2 Å². The summed E-state index contributed by atoms with van der Waals surface area (Å²) in [6, 6.07) is 7.48. The van der Waals surface area contributed by atoms with Crippen LogP contribution in [0.4, 0.5) is 0 Å². The Bertz CT molecular complexity index is 728. The Balaban J connectivity index is 2.41. The summed E-state index contributed by atoms with van der Waals surface area (Å²) in [6.07, 6.45) is 2.41. The summed E-state index contributed by atoms with van der Waals surface area (Å²) in [4.78, 5) is 16.7. The molecule has 23 heavy (non-hydrogen) atoms. The normalized spacial score (nSPS) is 21.4. The minimum atomic E-state index is -0.928. The molecule has 0 saturated heterocycles. The van der Waals surface area contributed by atoms with Gasteiger partial charge in [-0.05, 0) is 44.0 Å². The van der Waals surface area contributed by atoms with Crippen LogP contribution in [0.1, 0.15) is 37.0 Å². The van der Waals surface area contributed by atoms with E-state index >= 15 is 0 Å². The van der Waals surface area contributed by atoms with Crippen molar-refractivity contribution in [1.29, 1.82) is 5.26 Å². The molecule has 1 heterocycles. The quantitative estimate of drug-likeness (QED) is 0.684. The first-order valence-electron chi connectivity index (χ1n) is 7.47. The predicted octanol–water partition coefficient (Wildman–Crippen LogP) is 2.45. The van der Waals surface area contributed by atoms with Gasteiger partial charge in [-0.2, -0.15) is 5.26 Å². The first-order chi connectivity index (χ1) is 10.9. The van der Waals surface area contributed by atoms with Crippen LogP contribution in [-0.2, 0) is 16.0 Å². The van der Waals surface area contributed by atoms with Crippen LogP contribution in [0.2, 0.25) is 0 Å². The van der Waals surface area contributed by atoms with Crippen molar-refractivity contribution in [2.45, 2.75) is 39.2 Å². The second-order valence-electron chi connectivity index (χ2n) is 5.92. The summed E-state index contributed by atoms with van der Waals surface area (Å²) in [5.41, 5.74) is 2.70. The van der Waals surface area contributed by atoms with Crippen LogP contribution >= 0.6 is 0 Å². The molecule has 0 amide bonds. The van der Waals surface area contributed by atoms with Crippen LogP contribution in [0.25, 0.3) is 0 Å². The fourth-order valence-electron chi connectivity index (χ4n) is 2.60. The van der Waals surface area contributed by atoms with E-state index in [1.807, 2.05) is 13.0 Å². The number of nitriles is 1. The molecule has 1 N–H and O–H groups in total. The smallest absolute Gasteiger partial charge is 0.336 e. The second-order valence-corrected chi connectivity index (χ2v) is 5.92. The van der Waals surface area contributed by atoms with E-state index in [1.54, 1.807) is 32.2 Å². The number of carbonyl (C=O) groups is 1. The maximum Gasteiger partial charge on any atom is 0.336 e. The summed E-state index contributed by atoms with van der Waals surface area (Å²) in [7, 11) is 0. The van der Waals surface area contributed by atoms with Crippen LogP contribution in [0.5, 0.6) is 0 Å². The van der Waals surface area contributed by atoms with Crippen molar-refractivity contribution in [3.8, 4) is 6.07 Å². The molecule has 120 valence electrons. The number of esters is 1. The molecular formula is C18H20N2O3. The number of aliphatic hydroxyl groups is 1. The molecule has 5 heteroatoms.